The van der Waals surface area contributed by atoms with E-state index in [4.69, 9.17) is 11.0 Å². The highest BCUT2D eigenvalue weighted by molar-refractivity contribution is 5.66. The van der Waals surface area contributed by atoms with Crippen molar-refractivity contribution in [2.45, 2.75) is 19.8 Å². The van der Waals surface area contributed by atoms with E-state index in [0.29, 0.717) is 11.3 Å². The molecule has 2 aromatic rings. The number of hydrogen-bond acceptors (Lipinski definition) is 3. The standard InChI is InChI=1S/C13H14N4/c1-2-4-12-16-7-8-17(12)11-6-3-5-10(9-14)13(11)15/h3,5-8H,2,4,15H2,1H3. The topological polar surface area (TPSA) is 67.6 Å². The van der Waals surface area contributed by atoms with Crippen molar-refractivity contribution in [3.05, 3.63) is 42.0 Å². The molecule has 0 radical (unpaired) electrons. The zero-order chi connectivity index (χ0) is 12.3. The number of aryl methyl sites for hydroxylation is 1. The van der Waals surface area contributed by atoms with E-state index in [1.165, 1.54) is 0 Å². The first kappa shape index (κ1) is 11.2. The third kappa shape index (κ3) is 2.00. The van der Waals surface area contributed by atoms with Crippen molar-refractivity contribution in [2.24, 2.45) is 0 Å². The fourth-order valence-electron chi connectivity index (χ4n) is 1.82. The average molecular weight is 226 g/mol. The fourth-order valence-corrected chi connectivity index (χ4v) is 1.82. The summed E-state index contributed by atoms with van der Waals surface area (Å²) in [5.41, 5.74) is 7.81. The molecule has 0 atom stereocenters. The molecule has 2 rings (SSSR count). The largest absolute Gasteiger partial charge is 0.396 e. The molecular weight excluding hydrogens is 212 g/mol. The maximum absolute atomic E-state index is 8.96. The normalized spacial score (nSPS) is 10.1. The first-order chi connectivity index (χ1) is 8.27. The van der Waals surface area contributed by atoms with Gasteiger partial charge in [0.05, 0.1) is 16.9 Å². The number of nitrogens with two attached hydrogens (primary N) is 1. The molecule has 17 heavy (non-hydrogen) atoms. The minimum atomic E-state index is 0.499. The second kappa shape index (κ2) is 4.71. The number of para-hydroxylation sites is 1. The predicted molar refractivity (Wildman–Crippen MR) is 66.7 cm³/mol. The number of aromatic nitrogens is 2. The molecule has 0 bridgehead atoms. The molecule has 0 fully saturated rings. The Kier molecular flexibility index (Phi) is 3.10. The molecule has 4 nitrogen and oxygen atoms in total. The number of nitrogens with zero attached hydrogens (tertiary/aromatic N) is 3. The molecule has 4 heteroatoms. The molecule has 0 aliphatic heterocycles. The summed E-state index contributed by atoms with van der Waals surface area (Å²) in [6.07, 6.45) is 5.54. The smallest absolute Gasteiger partial charge is 0.113 e. The van der Waals surface area contributed by atoms with Gasteiger partial charge in [-0.05, 0) is 18.6 Å². The second-order valence-corrected chi connectivity index (χ2v) is 3.81. The summed E-state index contributed by atoms with van der Waals surface area (Å²) in [5, 5.41) is 8.96. The fraction of sp³-hybridized carbons (Fsp3) is 0.231. The maximum atomic E-state index is 8.96. The van der Waals surface area contributed by atoms with E-state index in [9.17, 15) is 0 Å². The maximum Gasteiger partial charge on any atom is 0.113 e. The van der Waals surface area contributed by atoms with Gasteiger partial charge in [-0.3, -0.25) is 0 Å². The molecule has 0 aliphatic carbocycles. The highest BCUT2D eigenvalue weighted by Gasteiger charge is 2.09. The molecule has 1 aromatic carbocycles. The van der Waals surface area contributed by atoms with E-state index in [-0.39, 0.29) is 0 Å². The summed E-state index contributed by atoms with van der Waals surface area (Å²) < 4.78 is 1.94. The highest BCUT2D eigenvalue weighted by Crippen LogP contribution is 2.22. The van der Waals surface area contributed by atoms with Crippen LogP contribution in [0.5, 0.6) is 0 Å². The zero-order valence-electron chi connectivity index (χ0n) is 9.72. The van der Waals surface area contributed by atoms with Crippen LogP contribution in [0.15, 0.2) is 30.6 Å². The average Bonchev–Trinajstić information content (AvgIpc) is 2.78. The molecule has 0 saturated heterocycles. The molecule has 1 heterocycles. The lowest BCUT2D eigenvalue weighted by Gasteiger charge is -2.10. The van der Waals surface area contributed by atoms with Crippen LogP contribution in [0.25, 0.3) is 5.69 Å². The number of hydrogen-bond donors (Lipinski definition) is 1. The van der Waals surface area contributed by atoms with E-state index in [1.54, 1.807) is 12.3 Å². The Morgan fingerprint density at radius 3 is 3.00 bits per heavy atom. The van der Waals surface area contributed by atoms with Gasteiger partial charge in [-0.2, -0.15) is 5.26 Å². The van der Waals surface area contributed by atoms with Gasteiger partial charge >= 0.3 is 0 Å². The lowest BCUT2D eigenvalue weighted by Crippen LogP contribution is -2.05. The number of benzene rings is 1. The summed E-state index contributed by atoms with van der Waals surface area (Å²) in [7, 11) is 0. The SMILES string of the molecule is CCCc1nccn1-c1cccc(C#N)c1N. The van der Waals surface area contributed by atoms with E-state index in [1.807, 2.05) is 22.9 Å². The van der Waals surface area contributed by atoms with Crippen LogP contribution < -0.4 is 5.73 Å². The van der Waals surface area contributed by atoms with E-state index in [0.717, 1.165) is 24.4 Å². The lowest BCUT2D eigenvalue weighted by atomic mass is 10.1. The van der Waals surface area contributed by atoms with Crippen molar-refractivity contribution < 1.29 is 0 Å². The Balaban J connectivity index is 2.53. The van der Waals surface area contributed by atoms with Crippen molar-refractivity contribution in [3.63, 3.8) is 0 Å². The van der Waals surface area contributed by atoms with Gasteiger partial charge in [0.25, 0.3) is 0 Å². The third-order valence-corrected chi connectivity index (χ3v) is 2.65. The van der Waals surface area contributed by atoms with Crippen LogP contribution in [0.3, 0.4) is 0 Å². The summed E-state index contributed by atoms with van der Waals surface area (Å²) in [6, 6.07) is 7.54. The van der Waals surface area contributed by atoms with Crippen LogP contribution >= 0.6 is 0 Å². The van der Waals surface area contributed by atoms with Crippen molar-refractivity contribution in [3.8, 4) is 11.8 Å². The first-order valence-electron chi connectivity index (χ1n) is 5.59. The van der Waals surface area contributed by atoms with Gasteiger partial charge < -0.3 is 10.3 Å². The highest BCUT2D eigenvalue weighted by atomic mass is 15.1. The van der Waals surface area contributed by atoms with Crippen molar-refractivity contribution in [1.29, 1.82) is 5.26 Å². The Bertz CT molecular complexity index is 563. The number of nitriles is 1. The lowest BCUT2D eigenvalue weighted by molar-refractivity contribution is 0.810. The van der Waals surface area contributed by atoms with Gasteiger partial charge in [0, 0.05) is 18.8 Å². The van der Waals surface area contributed by atoms with Crippen molar-refractivity contribution in [1.82, 2.24) is 9.55 Å². The quantitative estimate of drug-likeness (QED) is 0.816. The summed E-state index contributed by atoms with van der Waals surface area (Å²) in [4.78, 5) is 4.30. The van der Waals surface area contributed by atoms with Crippen LogP contribution in [0, 0.1) is 11.3 Å². The van der Waals surface area contributed by atoms with Gasteiger partial charge in [0.2, 0.25) is 0 Å². The van der Waals surface area contributed by atoms with Crippen LogP contribution in [0.4, 0.5) is 5.69 Å². The van der Waals surface area contributed by atoms with Gasteiger partial charge in [0.1, 0.15) is 11.9 Å². The van der Waals surface area contributed by atoms with Gasteiger partial charge in [-0.15, -0.1) is 0 Å². The Morgan fingerprint density at radius 2 is 2.29 bits per heavy atom. The Labute approximate surface area is 100 Å². The van der Waals surface area contributed by atoms with E-state index in [2.05, 4.69) is 18.0 Å². The van der Waals surface area contributed by atoms with Crippen molar-refractivity contribution in [2.75, 3.05) is 5.73 Å². The van der Waals surface area contributed by atoms with Gasteiger partial charge in [-0.25, -0.2) is 4.98 Å². The number of anilines is 1. The zero-order valence-corrected chi connectivity index (χ0v) is 9.72. The van der Waals surface area contributed by atoms with Gasteiger partial charge in [0.15, 0.2) is 0 Å². The van der Waals surface area contributed by atoms with Crippen molar-refractivity contribution >= 4 is 5.69 Å². The molecule has 0 amide bonds. The van der Waals surface area contributed by atoms with Crippen LogP contribution in [-0.4, -0.2) is 9.55 Å². The number of rotatable bonds is 3. The van der Waals surface area contributed by atoms with E-state index < -0.39 is 0 Å². The molecule has 86 valence electrons. The predicted octanol–water partition coefficient (Wildman–Crippen LogP) is 2.28. The Morgan fingerprint density at radius 1 is 1.47 bits per heavy atom. The number of nitrogen functional groups attached to an aromatic ring is 1. The van der Waals surface area contributed by atoms with Crippen LogP contribution in [0.2, 0.25) is 0 Å². The summed E-state index contributed by atoms with van der Waals surface area (Å²) >= 11 is 0. The molecular formula is C13H14N4. The molecule has 0 aliphatic rings. The molecule has 0 spiro atoms. The number of imidazole rings is 1. The second-order valence-electron chi connectivity index (χ2n) is 3.81. The monoisotopic (exact) mass is 226 g/mol. The first-order valence-corrected chi connectivity index (χ1v) is 5.59. The molecule has 0 unspecified atom stereocenters. The molecule has 2 N–H and O–H groups in total. The third-order valence-electron chi connectivity index (χ3n) is 2.65. The summed E-state index contributed by atoms with van der Waals surface area (Å²) in [6.45, 7) is 2.11. The molecule has 1 aromatic heterocycles. The van der Waals surface area contributed by atoms with Crippen LogP contribution in [0.1, 0.15) is 24.7 Å². The summed E-state index contributed by atoms with van der Waals surface area (Å²) in [5.74, 6) is 0.967. The van der Waals surface area contributed by atoms with Gasteiger partial charge in [-0.1, -0.05) is 13.0 Å². The molecule has 0 saturated carbocycles. The van der Waals surface area contributed by atoms with E-state index >= 15 is 0 Å². The minimum Gasteiger partial charge on any atom is -0.396 e. The Hall–Kier alpha value is -2.28. The van der Waals surface area contributed by atoms with Crippen LogP contribution in [-0.2, 0) is 6.42 Å². The minimum absolute atomic E-state index is 0.499.